The minimum absolute atomic E-state index is 0.0576. The molecular formula is C19H23N3O2. The number of benzene rings is 1. The molecule has 0 radical (unpaired) electrons. The molecule has 5 nitrogen and oxygen atoms in total. The van der Waals surface area contributed by atoms with E-state index < -0.39 is 0 Å². The summed E-state index contributed by atoms with van der Waals surface area (Å²) in [6.07, 6.45) is 4.72. The van der Waals surface area contributed by atoms with Gasteiger partial charge in [-0.05, 0) is 24.1 Å². The fourth-order valence-electron chi connectivity index (χ4n) is 2.90. The van der Waals surface area contributed by atoms with Gasteiger partial charge < -0.3 is 15.0 Å². The fraction of sp³-hybridized carbons (Fsp3) is 0.368. The van der Waals surface area contributed by atoms with Crippen LogP contribution in [-0.2, 0) is 11.2 Å². The van der Waals surface area contributed by atoms with Crippen molar-refractivity contribution in [2.24, 2.45) is 0 Å². The van der Waals surface area contributed by atoms with E-state index >= 15 is 0 Å². The predicted octanol–water partition coefficient (Wildman–Crippen LogP) is 1.89. The molecule has 0 spiro atoms. The van der Waals surface area contributed by atoms with Crippen molar-refractivity contribution < 1.29 is 9.53 Å². The van der Waals surface area contributed by atoms with Gasteiger partial charge in [0, 0.05) is 32.3 Å². The van der Waals surface area contributed by atoms with Gasteiger partial charge in [-0.25, -0.2) is 0 Å². The lowest BCUT2D eigenvalue weighted by atomic mass is 10.1. The first-order valence-electron chi connectivity index (χ1n) is 8.40. The predicted molar refractivity (Wildman–Crippen MR) is 92.9 cm³/mol. The SMILES string of the molecule is O=C(CCc1ccccc1)N1CCNCC1COc1cccnc1. The molecule has 2 heterocycles. The van der Waals surface area contributed by atoms with E-state index in [1.54, 1.807) is 12.4 Å². The number of carbonyl (C=O) groups excluding carboxylic acids is 1. The highest BCUT2D eigenvalue weighted by molar-refractivity contribution is 5.77. The maximum absolute atomic E-state index is 12.6. The van der Waals surface area contributed by atoms with Crippen molar-refractivity contribution in [2.45, 2.75) is 18.9 Å². The van der Waals surface area contributed by atoms with Gasteiger partial charge in [0.15, 0.2) is 0 Å². The molecule has 24 heavy (non-hydrogen) atoms. The highest BCUT2D eigenvalue weighted by Gasteiger charge is 2.26. The Balaban J connectivity index is 1.54. The second kappa shape index (κ2) is 8.45. The molecule has 1 atom stereocenters. The number of carbonyl (C=O) groups is 1. The second-order valence-corrected chi connectivity index (χ2v) is 5.93. The zero-order valence-electron chi connectivity index (χ0n) is 13.7. The topological polar surface area (TPSA) is 54.5 Å². The summed E-state index contributed by atoms with van der Waals surface area (Å²) in [6.45, 7) is 2.81. The molecule has 0 aliphatic carbocycles. The van der Waals surface area contributed by atoms with E-state index in [9.17, 15) is 4.79 Å². The lowest BCUT2D eigenvalue weighted by molar-refractivity contribution is -0.135. The van der Waals surface area contributed by atoms with Crippen molar-refractivity contribution in [1.82, 2.24) is 15.2 Å². The van der Waals surface area contributed by atoms with Gasteiger partial charge in [-0.1, -0.05) is 30.3 Å². The molecule has 5 heteroatoms. The van der Waals surface area contributed by atoms with Crippen molar-refractivity contribution in [2.75, 3.05) is 26.2 Å². The summed E-state index contributed by atoms with van der Waals surface area (Å²) in [7, 11) is 0. The lowest BCUT2D eigenvalue weighted by Gasteiger charge is -2.36. The van der Waals surface area contributed by atoms with Crippen LogP contribution in [-0.4, -0.2) is 48.1 Å². The molecule has 2 aromatic rings. The van der Waals surface area contributed by atoms with Crippen LogP contribution < -0.4 is 10.1 Å². The maximum atomic E-state index is 12.6. The van der Waals surface area contributed by atoms with Gasteiger partial charge in [-0.2, -0.15) is 0 Å². The standard InChI is InChI=1S/C19H23N3O2/c23-19(9-8-16-5-2-1-3-6-16)22-12-11-21-13-17(22)15-24-18-7-4-10-20-14-18/h1-7,10,14,17,21H,8-9,11-13,15H2. The number of nitrogens with zero attached hydrogens (tertiary/aromatic N) is 2. The number of amides is 1. The first-order chi connectivity index (χ1) is 11.8. The molecule has 1 unspecified atom stereocenters. The molecule has 1 aromatic heterocycles. The molecule has 1 fully saturated rings. The Morgan fingerprint density at radius 3 is 2.92 bits per heavy atom. The maximum Gasteiger partial charge on any atom is 0.223 e. The summed E-state index contributed by atoms with van der Waals surface area (Å²) in [6, 6.07) is 13.9. The molecule has 1 saturated heterocycles. The first kappa shape index (κ1) is 16.5. The van der Waals surface area contributed by atoms with Gasteiger partial charge in [0.2, 0.25) is 5.91 Å². The third kappa shape index (κ3) is 4.55. The van der Waals surface area contributed by atoms with Gasteiger partial charge in [0.25, 0.3) is 0 Å². The summed E-state index contributed by atoms with van der Waals surface area (Å²) in [5.41, 5.74) is 1.20. The number of nitrogens with one attached hydrogen (secondary N) is 1. The summed E-state index contributed by atoms with van der Waals surface area (Å²) in [4.78, 5) is 18.6. The first-order valence-corrected chi connectivity index (χ1v) is 8.40. The van der Waals surface area contributed by atoms with Crippen LogP contribution in [0.3, 0.4) is 0 Å². The van der Waals surface area contributed by atoms with Gasteiger partial charge in [0.1, 0.15) is 12.4 Å². The zero-order valence-corrected chi connectivity index (χ0v) is 13.7. The summed E-state index contributed by atoms with van der Waals surface area (Å²) < 4.78 is 5.79. The molecule has 0 saturated carbocycles. The minimum atomic E-state index is 0.0576. The summed E-state index contributed by atoms with van der Waals surface area (Å²) >= 11 is 0. The Hall–Kier alpha value is -2.40. The van der Waals surface area contributed by atoms with Crippen LogP contribution in [0.1, 0.15) is 12.0 Å². The molecule has 1 aliphatic heterocycles. The number of piperazine rings is 1. The quantitative estimate of drug-likeness (QED) is 0.881. The number of hydrogen-bond donors (Lipinski definition) is 1. The second-order valence-electron chi connectivity index (χ2n) is 5.93. The average molecular weight is 325 g/mol. The molecular weight excluding hydrogens is 302 g/mol. The van der Waals surface area contributed by atoms with Crippen LogP contribution in [0.15, 0.2) is 54.9 Å². The van der Waals surface area contributed by atoms with Gasteiger partial charge in [-0.15, -0.1) is 0 Å². The highest BCUT2D eigenvalue weighted by Crippen LogP contribution is 2.12. The average Bonchev–Trinajstić information content (AvgIpc) is 2.66. The van der Waals surface area contributed by atoms with Gasteiger partial charge in [-0.3, -0.25) is 9.78 Å². The van der Waals surface area contributed by atoms with E-state index in [4.69, 9.17) is 4.74 Å². The van der Waals surface area contributed by atoms with E-state index in [2.05, 4.69) is 22.4 Å². The number of hydrogen-bond acceptors (Lipinski definition) is 4. The Labute approximate surface area is 142 Å². The molecule has 0 bridgehead atoms. The summed E-state index contributed by atoms with van der Waals surface area (Å²) in [5.74, 6) is 0.930. The highest BCUT2D eigenvalue weighted by atomic mass is 16.5. The van der Waals surface area contributed by atoms with Crippen molar-refractivity contribution in [3.05, 3.63) is 60.4 Å². The smallest absolute Gasteiger partial charge is 0.223 e. The van der Waals surface area contributed by atoms with Crippen molar-refractivity contribution in [3.63, 3.8) is 0 Å². The molecule has 126 valence electrons. The molecule has 1 aliphatic rings. The van der Waals surface area contributed by atoms with E-state index in [0.717, 1.165) is 31.8 Å². The van der Waals surface area contributed by atoms with Crippen LogP contribution in [0.25, 0.3) is 0 Å². The van der Waals surface area contributed by atoms with Crippen LogP contribution in [0, 0.1) is 0 Å². The Morgan fingerprint density at radius 2 is 2.12 bits per heavy atom. The van der Waals surface area contributed by atoms with Crippen molar-refractivity contribution >= 4 is 5.91 Å². The lowest BCUT2D eigenvalue weighted by Crippen LogP contribution is -2.55. The number of aryl methyl sites for hydroxylation is 1. The van der Waals surface area contributed by atoms with Gasteiger partial charge in [0.05, 0.1) is 12.2 Å². The van der Waals surface area contributed by atoms with Crippen LogP contribution in [0.4, 0.5) is 0 Å². The van der Waals surface area contributed by atoms with Crippen LogP contribution in [0.5, 0.6) is 5.75 Å². The molecule has 3 rings (SSSR count). The minimum Gasteiger partial charge on any atom is -0.490 e. The Morgan fingerprint density at radius 1 is 1.25 bits per heavy atom. The van der Waals surface area contributed by atoms with Crippen LogP contribution >= 0.6 is 0 Å². The number of aromatic nitrogens is 1. The van der Waals surface area contributed by atoms with E-state index in [1.807, 2.05) is 35.2 Å². The zero-order chi connectivity index (χ0) is 16.6. The number of pyridine rings is 1. The van der Waals surface area contributed by atoms with Crippen molar-refractivity contribution in [1.29, 1.82) is 0 Å². The Bertz CT molecular complexity index is 634. The third-order valence-corrected chi connectivity index (χ3v) is 4.22. The monoisotopic (exact) mass is 325 g/mol. The molecule has 1 N–H and O–H groups in total. The largest absolute Gasteiger partial charge is 0.490 e. The number of rotatable bonds is 6. The van der Waals surface area contributed by atoms with E-state index in [-0.39, 0.29) is 11.9 Å². The van der Waals surface area contributed by atoms with Crippen molar-refractivity contribution in [3.8, 4) is 5.75 Å². The third-order valence-electron chi connectivity index (χ3n) is 4.22. The summed E-state index contributed by atoms with van der Waals surface area (Å²) in [5, 5.41) is 3.34. The Kier molecular flexibility index (Phi) is 5.80. The molecule has 1 aromatic carbocycles. The molecule has 1 amide bonds. The van der Waals surface area contributed by atoms with Crippen LogP contribution in [0.2, 0.25) is 0 Å². The number of ether oxygens (including phenoxy) is 1. The van der Waals surface area contributed by atoms with E-state index in [1.165, 1.54) is 5.56 Å². The fourth-order valence-corrected chi connectivity index (χ4v) is 2.90. The van der Waals surface area contributed by atoms with E-state index in [0.29, 0.717) is 13.0 Å². The van der Waals surface area contributed by atoms with Gasteiger partial charge >= 0.3 is 0 Å². The normalized spacial score (nSPS) is 17.5.